The Bertz CT molecular complexity index is 485. The van der Waals surface area contributed by atoms with Crippen LogP contribution in [0, 0.1) is 0 Å². The summed E-state index contributed by atoms with van der Waals surface area (Å²) in [5, 5.41) is 12.3. The first-order valence-electron chi connectivity index (χ1n) is 6.65. The standard InChI is InChI=1S/C14H20ClN3O2/c1-20-12-4-6-18(7-5-12)9-11-3-2-10(8-13(11)15)14(16)17-19/h2-3,8,12,19H,4-7,9H2,1H3,(H2,16,17). The van der Waals surface area contributed by atoms with Crippen LogP contribution in [-0.4, -0.2) is 42.2 Å². The minimum atomic E-state index is 0.0689. The zero-order chi connectivity index (χ0) is 14.5. The van der Waals surface area contributed by atoms with Crippen LogP contribution in [-0.2, 0) is 11.3 Å². The molecule has 1 saturated heterocycles. The van der Waals surface area contributed by atoms with Gasteiger partial charge < -0.3 is 15.7 Å². The summed E-state index contributed by atoms with van der Waals surface area (Å²) in [5.41, 5.74) is 7.22. The summed E-state index contributed by atoms with van der Waals surface area (Å²) in [6.07, 6.45) is 2.48. The molecule has 0 unspecified atom stereocenters. The van der Waals surface area contributed by atoms with E-state index in [9.17, 15) is 0 Å². The van der Waals surface area contributed by atoms with E-state index in [1.807, 2.05) is 12.1 Å². The molecule has 20 heavy (non-hydrogen) atoms. The van der Waals surface area contributed by atoms with Gasteiger partial charge in [0.2, 0.25) is 0 Å². The number of amidine groups is 1. The van der Waals surface area contributed by atoms with Crippen LogP contribution < -0.4 is 5.73 Å². The Hall–Kier alpha value is -1.30. The minimum absolute atomic E-state index is 0.0689. The van der Waals surface area contributed by atoms with Gasteiger partial charge >= 0.3 is 0 Å². The molecule has 3 N–H and O–H groups in total. The molecule has 2 rings (SSSR count). The topological polar surface area (TPSA) is 71.1 Å². The highest BCUT2D eigenvalue weighted by Crippen LogP contribution is 2.22. The van der Waals surface area contributed by atoms with Gasteiger partial charge in [-0.1, -0.05) is 28.9 Å². The highest BCUT2D eigenvalue weighted by molar-refractivity contribution is 6.31. The molecule has 6 heteroatoms. The predicted octanol–water partition coefficient (Wildman–Crippen LogP) is 2.05. The maximum atomic E-state index is 8.66. The van der Waals surface area contributed by atoms with Crippen LogP contribution in [0.3, 0.4) is 0 Å². The number of methoxy groups -OCH3 is 1. The van der Waals surface area contributed by atoms with Gasteiger partial charge in [0.15, 0.2) is 5.84 Å². The fourth-order valence-corrected chi connectivity index (χ4v) is 2.68. The monoisotopic (exact) mass is 297 g/mol. The van der Waals surface area contributed by atoms with Gasteiger partial charge in [0, 0.05) is 37.3 Å². The number of oxime groups is 1. The van der Waals surface area contributed by atoms with E-state index in [1.165, 1.54) is 0 Å². The van der Waals surface area contributed by atoms with Crippen LogP contribution in [0.2, 0.25) is 5.02 Å². The smallest absolute Gasteiger partial charge is 0.170 e. The van der Waals surface area contributed by atoms with E-state index in [0.717, 1.165) is 38.0 Å². The molecule has 0 aliphatic carbocycles. The van der Waals surface area contributed by atoms with Crippen molar-refractivity contribution in [3.63, 3.8) is 0 Å². The summed E-state index contributed by atoms with van der Waals surface area (Å²) in [7, 11) is 1.77. The highest BCUT2D eigenvalue weighted by Gasteiger charge is 2.19. The van der Waals surface area contributed by atoms with Crippen molar-refractivity contribution in [2.75, 3.05) is 20.2 Å². The molecule has 1 aromatic carbocycles. The Morgan fingerprint density at radius 1 is 1.50 bits per heavy atom. The third-order valence-electron chi connectivity index (χ3n) is 3.72. The number of rotatable bonds is 4. The second-order valence-corrected chi connectivity index (χ2v) is 5.41. The Balaban J connectivity index is 2.00. The first kappa shape index (κ1) is 15.1. The minimum Gasteiger partial charge on any atom is -0.409 e. The molecule has 110 valence electrons. The maximum absolute atomic E-state index is 8.66. The average molecular weight is 298 g/mol. The lowest BCUT2D eigenvalue weighted by molar-refractivity contribution is 0.0389. The van der Waals surface area contributed by atoms with Crippen molar-refractivity contribution in [1.29, 1.82) is 0 Å². The number of benzene rings is 1. The maximum Gasteiger partial charge on any atom is 0.170 e. The number of nitrogens with zero attached hydrogens (tertiary/aromatic N) is 2. The van der Waals surface area contributed by atoms with Crippen molar-refractivity contribution in [3.8, 4) is 0 Å². The molecule has 1 aromatic rings. The van der Waals surface area contributed by atoms with Crippen LogP contribution in [0.25, 0.3) is 0 Å². The van der Waals surface area contributed by atoms with Gasteiger partial charge in [-0.15, -0.1) is 0 Å². The Morgan fingerprint density at radius 3 is 2.75 bits per heavy atom. The molecule has 0 atom stereocenters. The highest BCUT2D eigenvalue weighted by atomic mass is 35.5. The van der Waals surface area contributed by atoms with Crippen LogP contribution in [0.1, 0.15) is 24.0 Å². The van der Waals surface area contributed by atoms with E-state index >= 15 is 0 Å². The Labute approximate surface area is 124 Å². The summed E-state index contributed by atoms with van der Waals surface area (Å²) in [6, 6.07) is 5.48. The Morgan fingerprint density at radius 2 is 2.20 bits per heavy atom. The Kier molecular flexibility index (Phi) is 5.23. The zero-order valence-corrected chi connectivity index (χ0v) is 12.3. The molecule has 0 amide bonds. The normalized spacial score (nSPS) is 18.4. The number of piperidine rings is 1. The van der Waals surface area contributed by atoms with E-state index < -0.39 is 0 Å². The third-order valence-corrected chi connectivity index (χ3v) is 4.07. The first-order valence-corrected chi connectivity index (χ1v) is 7.03. The fourth-order valence-electron chi connectivity index (χ4n) is 2.44. The lowest BCUT2D eigenvalue weighted by Gasteiger charge is -2.31. The van der Waals surface area contributed by atoms with Gasteiger partial charge in [0.25, 0.3) is 0 Å². The number of likely N-dealkylation sites (tertiary alicyclic amines) is 1. The number of hydrogen-bond acceptors (Lipinski definition) is 4. The lowest BCUT2D eigenvalue weighted by atomic mass is 10.1. The number of nitrogens with two attached hydrogens (primary N) is 1. The predicted molar refractivity (Wildman–Crippen MR) is 79.3 cm³/mol. The number of ether oxygens (including phenoxy) is 1. The fraction of sp³-hybridized carbons (Fsp3) is 0.500. The molecular weight excluding hydrogens is 278 g/mol. The molecule has 5 nitrogen and oxygen atoms in total. The van der Waals surface area contributed by atoms with Crippen molar-refractivity contribution in [1.82, 2.24) is 4.90 Å². The van der Waals surface area contributed by atoms with Gasteiger partial charge in [0.1, 0.15) is 0 Å². The molecule has 0 aromatic heterocycles. The van der Waals surface area contributed by atoms with Crippen molar-refractivity contribution in [2.24, 2.45) is 10.9 Å². The molecule has 1 aliphatic heterocycles. The zero-order valence-electron chi connectivity index (χ0n) is 11.6. The van der Waals surface area contributed by atoms with E-state index in [1.54, 1.807) is 13.2 Å². The van der Waals surface area contributed by atoms with E-state index in [4.69, 9.17) is 27.3 Å². The largest absolute Gasteiger partial charge is 0.409 e. The molecular formula is C14H20ClN3O2. The summed E-state index contributed by atoms with van der Waals surface area (Å²) in [4.78, 5) is 2.36. The average Bonchev–Trinajstić information content (AvgIpc) is 2.49. The van der Waals surface area contributed by atoms with Crippen molar-refractivity contribution < 1.29 is 9.94 Å². The SMILES string of the molecule is COC1CCN(Cc2ccc(/C(N)=N/O)cc2Cl)CC1. The molecule has 0 bridgehead atoms. The van der Waals surface area contributed by atoms with Crippen LogP contribution in [0.5, 0.6) is 0 Å². The third kappa shape index (κ3) is 3.62. The van der Waals surface area contributed by atoms with E-state index in [0.29, 0.717) is 16.7 Å². The second kappa shape index (κ2) is 6.92. The van der Waals surface area contributed by atoms with Crippen molar-refractivity contribution in [2.45, 2.75) is 25.5 Å². The van der Waals surface area contributed by atoms with E-state index in [2.05, 4.69) is 10.1 Å². The summed E-state index contributed by atoms with van der Waals surface area (Å²) in [6.45, 7) is 2.83. The van der Waals surface area contributed by atoms with Gasteiger partial charge in [-0.25, -0.2) is 0 Å². The van der Waals surface area contributed by atoms with Crippen molar-refractivity contribution in [3.05, 3.63) is 34.3 Å². The van der Waals surface area contributed by atoms with Crippen LogP contribution in [0.4, 0.5) is 0 Å². The molecule has 0 spiro atoms. The molecule has 1 aliphatic rings. The quantitative estimate of drug-likeness (QED) is 0.386. The lowest BCUT2D eigenvalue weighted by Crippen LogP contribution is -2.36. The number of hydrogen-bond donors (Lipinski definition) is 2. The van der Waals surface area contributed by atoms with Gasteiger partial charge in [-0.2, -0.15) is 0 Å². The summed E-state index contributed by atoms with van der Waals surface area (Å²) in [5.74, 6) is 0.0689. The van der Waals surface area contributed by atoms with E-state index in [-0.39, 0.29) is 5.84 Å². The molecule has 1 heterocycles. The summed E-state index contributed by atoms with van der Waals surface area (Å²) >= 11 is 6.26. The van der Waals surface area contributed by atoms with Crippen molar-refractivity contribution >= 4 is 17.4 Å². The molecule has 1 fully saturated rings. The first-order chi connectivity index (χ1) is 9.63. The molecule has 0 radical (unpaired) electrons. The van der Waals surface area contributed by atoms with Gasteiger partial charge in [-0.3, -0.25) is 4.90 Å². The molecule has 0 saturated carbocycles. The number of halogens is 1. The van der Waals surface area contributed by atoms with Gasteiger partial charge in [-0.05, 0) is 24.5 Å². The second-order valence-electron chi connectivity index (χ2n) is 5.00. The van der Waals surface area contributed by atoms with Gasteiger partial charge in [0.05, 0.1) is 6.10 Å². The van der Waals surface area contributed by atoms with Crippen LogP contribution in [0.15, 0.2) is 23.4 Å². The summed E-state index contributed by atoms with van der Waals surface area (Å²) < 4.78 is 5.36. The van der Waals surface area contributed by atoms with Crippen LogP contribution >= 0.6 is 11.6 Å².